The molecule has 0 saturated carbocycles. The van der Waals surface area contributed by atoms with E-state index < -0.39 is 11.7 Å². The van der Waals surface area contributed by atoms with Crippen LogP contribution in [0.25, 0.3) is 0 Å². The topological polar surface area (TPSA) is 29.3 Å². The van der Waals surface area contributed by atoms with Crippen molar-refractivity contribution in [2.45, 2.75) is 25.9 Å². The lowest BCUT2D eigenvalue weighted by Gasteiger charge is -2.33. The maximum Gasteiger partial charge on any atom is 0.417 e. The van der Waals surface area contributed by atoms with E-state index in [1.54, 1.807) is 0 Å². The van der Waals surface area contributed by atoms with Crippen LogP contribution in [-0.2, 0) is 6.18 Å². The SMILES string of the molecule is CC1CCCN(c2ccc(C(F)(F)F)c(C(N)=S)c2)C1. The van der Waals surface area contributed by atoms with Gasteiger partial charge in [0, 0.05) is 24.3 Å². The first-order valence-corrected chi connectivity index (χ1v) is 6.96. The van der Waals surface area contributed by atoms with Gasteiger partial charge in [-0.25, -0.2) is 0 Å². The summed E-state index contributed by atoms with van der Waals surface area (Å²) in [5, 5.41) is 0. The van der Waals surface area contributed by atoms with Crippen molar-refractivity contribution >= 4 is 22.9 Å². The first-order chi connectivity index (χ1) is 9.29. The van der Waals surface area contributed by atoms with Gasteiger partial charge in [0.05, 0.1) is 5.56 Å². The van der Waals surface area contributed by atoms with E-state index in [-0.39, 0.29) is 10.6 Å². The van der Waals surface area contributed by atoms with Crippen molar-refractivity contribution < 1.29 is 13.2 Å². The Morgan fingerprint density at radius 1 is 1.40 bits per heavy atom. The molecule has 0 aliphatic carbocycles. The average Bonchev–Trinajstić information content (AvgIpc) is 2.37. The highest BCUT2D eigenvalue weighted by Gasteiger charge is 2.34. The highest BCUT2D eigenvalue weighted by molar-refractivity contribution is 7.80. The molecule has 2 rings (SSSR count). The second-order valence-corrected chi connectivity index (χ2v) is 5.73. The number of halogens is 3. The number of anilines is 1. The minimum Gasteiger partial charge on any atom is -0.389 e. The van der Waals surface area contributed by atoms with Crippen LogP contribution >= 0.6 is 12.2 Å². The van der Waals surface area contributed by atoms with E-state index in [4.69, 9.17) is 18.0 Å². The molecule has 20 heavy (non-hydrogen) atoms. The third-order valence-electron chi connectivity index (χ3n) is 3.60. The van der Waals surface area contributed by atoms with Gasteiger partial charge in [0.2, 0.25) is 0 Å². The minimum atomic E-state index is -4.44. The van der Waals surface area contributed by atoms with E-state index in [9.17, 15) is 13.2 Å². The standard InChI is InChI=1S/C14H17F3N2S/c1-9-3-2-6-19(8-9)10-4-5-12(14(15,16)17)11(7-10)13(18)20/h4-5,7,9H,2-3,6,8H2,1H3,(H2,18,20). The highest BCUT2D eigenvalue weighted by atomic mass is 32.1. The van der Waals surface area contributed by atoms with Crippen molar-refractivity contribution in [3.63, 3.8) is 0 Å². The van der Waals surface area contributed by atoms with Gasteiger partial charge in [-0.05, 0) is 37.0 Å². The molecule has 2 N–H and O–H groups in total. The fraction of sp³-hybridized carbons (Fsp3) is 0.500. The Hall–Kier alpha value is -1.30. The molecule has 0 bridgehead atoms. The van der Waals surface area contributed by atoms with Gasteiger partial charge in [-0.3, -0.25) is 0 Å². The Morgan fingerprint density at radius 3 is 2.65 bits per heavy atom. The molecule has 1 aliphatic heterocycles. The van der Waals surface area contributed by atoms with Crippen LogP contribution in [0, 0.1) is 5.92 Å². The van der Waals surface area contributed by atoms with Crippen LogP contribution < -0.4 is 10.6 Å². The fourth-order valence-corrected chi connectivity index (χ4v) is 2.77. The van der Waals surface area contributed by atoms with Crippen LogP contribution in [0.4, 0.5) is 18.9 Å². The smallest absolute Gasteiger partial charge is 0.389 e. The monoisotopic (exact) mass is 302 g/mol. The van der Waals surface area contributed by atoms with Crippen LogP contribution in [-0.4, -0.2) is 18.1 Å². The zero-order valence-corrected chi connectivity index (χ0v) is 12.0. The maximum absolute atomic E-state index is 12.9. The largest absolute Gasteiger partial charge is 0.417 e. The molecule has 0 spiro atoms. The van der Waals surface area contributed by atoms with Crippen LogP contribution in [0.3, 0.4) is 0 Å². The summed E-state index contributed by atoms with van der Waals surface area (Å²) >= 11 is 4.76. The summed E-state index contributed by atoms with van der Waals surface area (Å²) in [5.41, 5.74) is 5.35. The Morgan fingerprint density at radius 2 is 2.10 bits per heavy atom. The highest BCUT2D eigenvalue weighted by Crippen LogP contribution is 2.34. The molecule has 1 aromatic carbocycles. The Labute approximate surface area is 121 Å². The van der Waals surface area contributed by atoms with E-state index in [1.807, 2.05) is 0 Å². The second-order valence-electron chi connectivity index (χ2n) is 5.29. The van der Waals surface area contributed by atoms with Gasteiger partial charge in [0.25, 0.3) is 0 Å². The Kier molecular flexibility index (Phi) is 4.22. The fourth-order valence-electron chi connectivity index (χ4n) is 2.60. The van der Waals surface area contributed by atoms with Gasteiger partial charge in [-0.15, -0.1) is 0 Å². The van der Waals surface area contributed by atoms with Crippen LogP contribution in [0.15, 0.2) is 18.2 Å². The second kappa shape index (κ2) is 5.60. The van der Waals surface area contributed by atoms with E-state index in [0.717, 1.165) is 37.7 Å². The van der Waals surface area contributed by atoms with Gasteiger partial charge in [0.15, 0.2) is 0 Å². The van der Waals surface area contributed by atoms with Crippen molar-refractivity contribution in [2.75, 3.05) is 18.0 Å². The van der Waals surface area contributed by atoms with Crippen molar-refractivity contribution in [3.05, 3.63) is 29.3 Å². The maximum atomic E-state index is 12.9. The molecule has 1 fully saturated rings. The molecule has 0 amide bonds. The lowest BCUT2D eigenvalue weighted by atomic mass is 9.98. The van der Waals surface area contributed by atoms with E-state index in [2.05, 4.69) is 11.8 Å². The summed E-state index contributed by atoms with van der Waals surface area (Å²) in [4.78, 5) is 1.88. The summed E-state index contributed by atoms with van der Waals surface area (Å²) in [6.07, 6.45) is -2.24. The number of benzene rings is 1. The number of thiocarbonyl (C=S) groups is 1. The van der Waals surface area contributed by atoms with Gasteiger partial charge in [0.1, 0.15) is 4.99 Å². The number of hydrogen-bond acceptors (Lipinski definition) is 2. The molecule has 0 radical (unpaired) electrons. The van der Waals surface area contributed by atoms with Gasteiger partial charge in [-0.2, -0.15) is 13.2 Å². The Balaban J connectivity index is 2.37. The van der Waals surface area contributed by atoms with Gasteiger partial charge < -0.3 is 10.6 Å². The number of hydrogen-bond donors (Lipinski definition) is 1. The van der Waals surface area contributed by atoms with Gasteiger partial charge >= 0.3 is 6.18 Å². The molecule has 1 aromatic rings. The van der Waals surface area contributed by atoms with E-state index in [0.29, 0.717) is 5.92 Å². The van der Waals surface area contributed by atoms with Gasteiger partial charge in [-0.1, -0.05) is 19.1 Å². The average molecular weight is 302 g/mol. The molecule has 6 heteroatoms. The molecule has 1 saturated heterocycles. The third kappa shape index (κ3) is 3.23. The Bertz CT molecular complexity index is 514. The number of nitrogens with two attached hydrogens (primary N) is 1. The molecule has 0 aromatic heterocycles. The summed E-state index contributed by atoms with van der Waals surface area (Å²) < 4.78 is 38.7. The summed E-state index contributed by atoms with van der Waals surface area (Å²) in [7, 11) is 0. The zero-order chi connectivity index (χ0) is 14.9. The molecule has 1 heterocycles. The lowest BCUT2D eigenvalue weighted by Crippen LogP contribution is -2.34. The van der Waals surface area contributed by atoms with Crippen molar-refractivity contribution in [1.29, 1.82) is 0 Å². The molecular formula is C14H17F3N2S. The first-order valence-electron chi connectivity index (χ1n) is 6.55. The predicted octanol–water partition coefficient (Wildman–Crippen LogP) is 3.58. The molecule has 110 valence electrons. The summed E-state index contributed by atoms with van der Waals surface area (Å²) in [5.74, 6) is 0.541. The summed E-state index contributed by atoms with van der Waals surface area (Å²) in [6, 6.07) is 4.04. The van der Waals surface area contributed by atoms with Crippen molar-refractivity contribution in [3.8, 4) is 0 Å². The summed E-state index contributed by atoms with van der Waals surface area (Å²) in [6.45, 7) is 3.85. The van der Waals surface area contributed by atoms with Crippen molar-refractivity contribution in [1.82, 2.24) is 0 Å². The van der Waals surface area contributed by atoms with Crippen molar-refractivity contribution in [2.24, 2.45) is 11.7 Å². The quantitative estimate of drug-likeness (QED) is 0.847. The normalized spacial score (nSPS) is 20.0. The number of nitrogens with zero attached hydrogens (tertiary/aromatic N) is 1. The lowest BCUT2D eigenvalue weighted by molar-refractivity contribution is -0.137. The van der Waals surface area contributed by atoms with Crippen LogP contribution in [0.2, 0.25) is 0 Å². The molecular weight excluding hydrogens is 285 g/mol. The molecule has 2 nitrogen and oxygen atoms in total. The molecule has 1 atom stereocenters. The number of alkyl halides is 3. The number of piperidine rings is 1. The van der Waals surface area contributed by atoms with E-state index >= 15 is 0 Å². The van der Waals surface area contributed by atoms with E-state index in [1.165, 1.54) is 12.1 Å². The minimum absolute atomic E-state index is 0.0942. The van der Waals surface area contributed by atoms with Crippen LogP contribution in [0.5, 0.6) is 0 Å². The van der Waals surface area contributed by atoms with Crippen LogP contribution in [0.1, 0.15) is 30.9 Å². The first kappa shape index (κ1) is 15.1. The zero-order valence-electron chi connectivity index (χ0n) is 11.2. The third-order valence-corrected chi connectivity index (χ3v) is 3.82. The molecule has 1 aliphatic rings. The predicted molar refractivity (Wildman–Crippen MR) is 77.9 cm³/mol. The molecule has 1 unspecified atom stereocenters. The number of rotatable bonds is 2.